The van der Waals surface area contributed by atoms with E-state index in [2.05, 4.69) is 4.98 Å². The summed E-state index contributed by atoms with van der Waals surface area (Å²) in [6, 6.07) is 16.3. The normalized spacial score (nSPS) is 11.0. The first-order valence-electron chi connectivity index (χ1n) is 7.50. The van der Waals surface area contributed by atoms with Crippen molar-refractivity contribution in [2.24, 2.45) is 0 Å². The molecule has 126 valence electrons. The number of hydrogen-bond acceptors (Lipinski definition) is 5. The van der Waals surface area contributed by atoms with Crippen molar-refractivity contribution in [2.45, 2.75) is 6.92 Å². The Morgan fingerprint density at radius 3 is 2.16 bits per heavy atom. The second-order valence-electron chi connectivity index (χ2n) is 4.83. The maximum atomic E-state index is 12.8. The third kappa shape index (κ3) is 4.00. The van der Waals surface area contributed by atoms with Crippen LogP contribution in [0.5, 0.6) is 0 Å². The Kier molecular flexibility index (Phi) is 5.85. The zero-order valence-electron chi connectivity index (χ0n) is 13.5. The van der Waals surface area contributed by atoms with Gasteiger partial charge in [-0.2, -0.15) is 0 Å². The highest BCUT2D eigenvalue weighted by atomic mass is 16.6. The third-order valence-corrected chi connectivity index (χ3v) is 3.23. The molecule has 2 aromatic carbocycles. The fourth-order valence-electron chi connectivity index (χ4n) is 2.10. The molecule has 0 saturated heterocycles. The van der Waals surface area contributed by atoms with Crippen LogP contribution in [-0.4, -0.2) is 23.5 Å². The minimum absolute atomic E-state index is 0.0517. The fraction of sp³-hybridized carbons (Fsp3) is 0.111. The SMILES string of the molecule is CCO/C(O)=C(\[N+]#N)C(=O)N(C(=O)c1ccccc1)c1ccccc1. The van der Waals surface area contributed by atoms with Gasteiger partial charge in [-0.1, -0.05) is 36.4 Å². The van der Waals surface area contributed by atoms with Gasteiger partial charge in [0.2, 0.25) is 5.39 Å². The molecule has 0 saturated carbocycles. The molecule has 2 aromatic rings. The minimum Gasteiger partial charge on any atom is -0.475 e. The molecule has 0 bridgehead atoms. The Hall–Kier alpha value is -3.66. The molecule has 25 heavy (non-hydrogen) atoms. The molecule has 7 nitrogen and oxygen atoms in total. The Bertz CT molecular complexity index is 826. The molecule has 0 aliphatic carbocycles. The van der Waals surface area contributed by atoms with Gasteiger partial charge in [0.05, 0.1) is 12.3 Å². The van der Waals surface area contributed by atoms with Gasteiger partial charge in [0.1, 0.15) is 0 Å². The Balaban J connectivity index is 2.53. The summed E-state index contributed by atoms with van der Waals surface area (Å²) in [6.07, 6.45) is 0. The molecule has 2 rings (SSSR count). The number of carbonyl (C=O) groups is 2. The number of benzene rings is 2. The van der Waals surface area contributed by atoms with Crippen LogP contribution in [0.25, 0.3) is 4.98 Å². The van der Waals surface area contributed by atoms with Gasteiger partial charge in [0.25, 0.3) is 5.91 Å². The maximum Gasteiger partial charge on any atom is 0.528 e. The molecule has 0 atom stereocenters. The van der Waals surface area contributed by atoms with E-state index in [0.717, 1.165) is 4.90 Å². The summed E-state index contributed by atoms with van der Waals surface area (Å²) < 4.78 is 4.81. The van der Waals surface area contributed by atoms with Crippen molar-refractivity contribution in [1.29, 1.82) is 5.39 Å². The number of aliphatic hydroxyl groups is 1. The van der Waals surface area contributed by atoms with E-state index in [1.807, 2.05) is 0 Å². The monoisotopic (exact) mass is 338 g/mol. The molecular weight excluding hydrogens is 322 g/mol. The van der Waals surface area contributed by atoms with Gasteiger partial charge >= 0.3 is 17.5 Å². The largest absolute Gasteiger partial charge is 0.528 e. The summed E-state index contributed by atoms with van der Waals surface area (Å²) in [7, 11) is 0. The van der Waals surface area contributed by atoms with E-state index in [-0.39, 0.29) is 17.9 Å². The van der Waals surface area contributed by atoms with Gasteiger partial charge < -0.3 is 9.84 Å². The van der Waals surface area contributed by atoms with Gasteiger partial charge in [0.15, 0.2) is 4.98 Å². The lowest BCUT2D eigenvalue weighted by Gasteiger charge is -2.18. The molecule has 0 spiro atoms. The highest BCUT2D eigenvalue weighted by Gasteiger charge is 2.39. The molecule has 0 heterocycles. The quantitative estimate of drug-likeness (QED) is 0.511. The van der Waals surface area contributed by atoms with Crippen molar-refractivity contribution in [2.75, 3.05) is 11.5 Å². The number of amides is 2. The van der Waals surface area contributed by atoms with E-state index in [1.165, 1.54) is 0 Å². The van der Waals surface area contributed by atoms with E-state index in [1.54, 1.807) is 67.6 Å². The maximum absolute atomic E-state index is 12.8. The Labute approximate surface area is 144 Å². The van der Waals surface area contributed by atoms with Gasteiger partial charge in [-0.3, -0.25) is 9.59 Å². The average Bonchev–Trinajstić information content (AvgIpc) is 2.64. The molecule has 0 fully saturated rings. The lowest BCUT2D eigenvalue weighted by Crippen LogP contribution is -2.38. The van der Waals surface area contributed by atoms with Crippen LogP contribution in [0.2, 0.25) is 0 Å². The fourth-order valence-corrected chi connectivity index (χ4v) is 2.10. The van der Waals surface area contributed by atoms with Crippen LogP contribution >= 0.6 is 0 Å². The lowest BCUT2D eigenvalue weighted by atomic mass is 10.1. The number of para-hydroxylation sites is 1. The summed E-state index contributed by atoms with van der Waals surface area (Å²) in [6.45, 7) is 1.63. The highest BCUT2D eigenvalue weighted by molar-refractivity contribution is 6.26. The Morgan fingerprint density at radius 1 is 1.08 bits per heavy atom. The lowest BCUT2D eigenvalue weighted by molar-refractivity contribution is -0.114. The first kappa shape index (κ1) is 17.7. The van der Waals surface area contributed by atoms with E-state index in [4.69, 9.17) is 10.1 Å². The van der Waals surface area contributed by atoms with Gasteiger partial charge in [-0.25, -0.2) is 4.90 Å². The number of imide groups is 1. The molecule has 0 unspecified atom stereocenters. The zero-order chi connectivity index (χ0) is 18.2. The van der Waals surface area contributed by atoms with Crippen LogP contribution in [0.1, 0.15) is 17.3 Å². The van der Waals surface area contributed by atoms with Crippen LogP contribution in [-0.2, 0) is 9.53 Å². The number of hydrogen-bond donors (Lipinski definition) is 1. The number of aliphatic hydroxyl groups excluding tert-OH is 1. The number of diazo groups is 1. The van der Waals surface area contributed by atoms with Crippen molar-refractivity contribution in [1.82, 2.24) is 0 Å². The number of nitrogens with zero attached hydrogens (tertiary/aromatic N) is 3. The predicted octanol–water partition coefficient (Wildman–Crippen LogP) is 3.48. The zero-order valence-corrected chi connectivity index (χ0v) is 13.5. The summed E-state index contributed by atoms with van der Waals surface area (Å²) >= 11 is 0. The van der Waals surface area contributed by atoms with E-state index < -0.39 is 23.5 Å². The number of ether oxygens (including phenoxy) is 1. The van der Waals surface area contributed by atoms with Crippen molar-refractivity contribution in [3.05, 3.63) is 82.8 Å². The Morgan fingerprint density at radius 2 is 1.64 bits per heavy atom. The van der Waals surface area contributed by atoms with E-state index in [0.29, 0.717) is 0 Å². The van der Waals surface area contributed by atoms with Crippen LogP contribution in [0, 0.1) is 5.39 Å². The smallest absolute Gasteiger partial charge is 0.475 e. The van der Waals surface area contributed by atoms with E-state index >= 15 is 0 Å². The first-order valence-corrected chi connectivity index (χ1v) is 7.50. The van der Waals surface area contributed by atoms with Gasteiger partial charge in [0, 0.05) is 5.56 Å². The predicted molar refractivity (Wildman–Crippen MR) is 91.1 cm³/mol. The van der Waals surface area contributed by atoms with Crippen molar-refractivity contribution in [3.63, 3.8) is 0 Å². The number of carbonyl (C=O) groups excluding carboxylic acids is 2. The molecule has 0 aromatic heterocycles. The van der Waals surface area contributed by atoms with Crippen LogP contribution in [0.3, 0.4) is 0 Å². The van der Waals surface area contributed by atoms with Crippen molar-refractivity contribution < 1.29 is 19.4 Å². The number of rotatable bonds is 5. The van der Waals surface area contributed by atoms with Crippen molar-refractivity contribution in [3.8, 4) is 0 Å². The molecule has 0 aliphatic rings. The van der Waals surface area contributed by atoms with Gasteiger partial charge in [-0.15, -0.1) is 0 Å². The minimum atomic E-state index is -1.02. The summed E-state index contributed by atoms with van der Waals surface area (Å²) in [5, 5.41) is 18.9. The molecule has 0 aliphatic heterocycles. The summed E-state index contributed by atoms with van der Waals surface area (Å²) in [5.74, 6) is -2.52. The first-order chi connectivity index (χ1) is 12.1. The molecule has 1 N–H and O–H groups in total. The molecule has 7 heteroatoms. The van der Waals surface area contributed by atoms with Crippen LogP contribution in [0.4, 0.5) is 5.69 Å². The third-order valence-electron chi connectivity index (χ3n) is 3.23. The van der Waals surface area contributed by atoms with Crippen LogP contribution < -0.4 is 4.90 Å². The molecule has 2 amide bonds. The van der Waals surface area contributed by atoms with E-state index in [9.17, 15) is 14.7 Å². The average molecular weight is 338 g/mol. The summed E-state index contributed by atoms with van der Waals surface area (Å²) in [5.41, 5.74) is -0.255. The highest BCUT2D eigenvalue weighted by Crippen LogP contribution is 2.21. The topological polar surface area (TPSA) is 95.0 Å². The molecule has 0 radical (unpaired) electrons. The number of anilines is 1. The van der Waals surface area contributed by atoms with Crippen LogP contribution in [0.15, 0.2) is 72.3 Å². The second-order valence-corrected chi connectivity index (χ2v) is 4.83. The standard InChI is InChI=1S/C18H15N3O4/c1-2-25-18(24)15(20-19)17(23)21(14-11-7-4-8-12-14)16(22)13-9-5-3-6-10-13/h3-12H,2H2,1H3/p+1. The summed E-state index contributed by atoms with van der Waals surface area (Å²) in [4.78, 5) is 29.2. The second kappa shape index (κ2) is 8.26. The van der Waals surface area contributed by atoms with Crippen molar-refractivity contribution >= 4 is 17.5 Å². The van der Waals surface area contributed by atoms with Gasteiger partial charge in [-0.05, 0) is 31.2 Å². The molecular formula is C18H16N3O4+.